The predicted molar refractivity (Wildman–Crippen MR) is 93.9 cm³/mol. The van der Waals surface area contributed by atoms with Crippen molar-refractivity contribution in [3.63, 3.8) is 0 Å². The highest BCUT2D eigenvalue weighted by Crippen LogP contribution is 2.33. The summed E-state index contributed by atoms with van der Waals surface area (Å²) in [6, 6.07) is 0. The first kappa shape index (κ1) is 18.9. The molecule has 2 aromatic rings. The lowest BCUT2D eigenvalue weighted by Crippen LogP contribution is -2.25. The number of nitrogens with one attached hydrogen (secondary N) is 1. The van der Waals surface area contributed by atoms with Gasteiger partial charge in [0.2, 0.25) is 5.91 Å². The van der Waals surface area contributed by atoms with Crippen LogP contribution in [0, 0.1) is 12.8 Å². The Kier molecular flexibility index (Phi) is 5.81. The molecule has 1 atom stereocenters. The number of nitrogens with two attached hydrogens (primary N) is 1. The molecule has 134 valence electrons. The third-order valence-corrected chi connectivity index (χ3v) is 4.92. The van der Waals surface area contributed by atoms with E-state index in [9.17, 15) is 14.4 Å². The number of esters is 1. The molecule has 0 aromatic carbocycles. The Labute approximate surface area is 152 Å². The van der Waals surface area contributed by atoms with Gasteiger partial charge in [-0.1, -0.05) is 18.5 Å². The fourth-order valence-electron chi connectivity index (χ4n) is 2.22. The van der Waals surface area contributed by atoms with Crippen molar-refractivity contribution in [1.29, 1.82) is 0 Å². The van der Waals surface area contributed by atoms with E-state index in [0.717, 1.165) is 11.3 Å². The van der Waals surface area contributed by atoms with Crippen molar-refractivity contribution >= 4 is 45.7 Å². The third-order valence-electron chi connectivity index (χ3n) is 3.51. The molecule has 0 aliphatic carbocycles. The normalized spacial score (nSPS) is 11.8. The topological polar surface area (TPSA) is 116 Å². The van der Waals surface area contributed by atoms with Gasteiger partial charge >= 0.3 is 5.97 Å². The Bertz CT molecular complexity index is 830. The van der Waals surface area contributed by atoms with Crippen LogP contribution in [-0.2, 0) is 16.1 Å². The minimum absolute atomic E-state index is 0.129. The zero-order valence-corrected chi connectivity index (χ0v) is 15.4. The number of halogens is 1. The van der Waals surface area contributed by atoms with Crippen molar-refractivity contribution in [3.05, 3.63) is 33.4 Å². The molecule has 10 heteroatoms. The van der Waals surface area contributed by atoms with Crippen LogP contribution < -0.4 is 11.1 Å². The molecule has 2 aromatic heterocycles. The fourth-order valence-corrected chi connectivity index (χ4v) is 3.43. The highest BCUT2D eigenvalue weighted by Gasteiger charge is 2.26. The average Bonchev–Trinajstić information content (AvgIpc) is 3.10. The SMILES string of the molecule is COC(=O)c1c(NC(=O)C(C)Cn2cc(Cl)cn2)sc(C(N)=O)c1C. The molecule has 8 nitrogen and oxygen atoms in total. The first-order valence-electron chi connectivity index (χ1n) is 7.24. The lowest BCUT2D eigenvalue weighted by Gasteiger charge is -2.12. The van der Waals surface area contributed by atoms with E-state index in [2.05, 4.69) is 10.4 Å². The zero-order valence-electron chi connectivity index (χ0n) is 13.8. The molecule has 0 aliphatic heterocycles. The van der Waals surface area contributed by atoms with Crippen molar-refractivity contribution in [2.45, 2.75) is 20.4 Å². The molecular formula is C15H17ClN4O4S. The monoisotopic (exact) mass is 384 g/mol. The Morgan fingerprint density at radius 3 is 2.68 bits per heavy atom. The van der Waals surface area contributed by atoms with Crippen LogP contribution in [0.15, 0.2) is 12.4 Å². The first-order chi connectivity index (χ1) is 11.7. The molecule has 0 saturated carbocycles. The molecule has 0 spiro atoms. The summed E-state index contributed by atoms with van der Waals surface area (Å²) in [5.74, 6) is -2.12. The average molecular weight is 385 g/mol. The van der Waals surface area contributed by atoms with E-state index in [1.165, 1.54) is 13.3 Å². The maximum Gasteiger partial charge on any atom is 0.341 e. The van der Waals surface area contributed by atoms with Crippen molar-refractivity contribution in [1.82, 2.24) is 9.78 Å². The smallest absolute Gasteiger partial charge is 0.341 e. The van der Waals surface area contributed by atoms with Crippen LogP contribution in [0.5, 0.6) is 0 Å². The van der Waals surface area contributed by atoms with Gasteiger partial charge in [-0.2, -0.15) is 5.10 Å². The summed E-state index contributed by atoms with van der Waals surface area (Å²) in [4.78, 5) is 36.1. The number of thiophene rings is 1. The number of amides is 2. The summed E-state index contributed by atoms with van der Waals surface area (Å²) in [6.45, 7) is 3.59. The van der Waals surface area contributed by atoms with Gasteiger partial charge in [0.05, 0.1) is 41.2 Å². The molecule has 2 amide bonds. The minimum Gasteiger partial charge on any atom is -0.465 e. The van der Waals surface area contributed by atoms with E-state index in [1.807, 2.05) is 0 Å². The second-order valence-corrected chi connectivity index (χ2v) is 6.84. The highest BCUT2D eigenvalue weighted by atomic mass is 35.5. The zero-order chi connectivity index (χ0) is 18.7. The van der Waals surface area contributed by atoms with E-state index in [1.54, 1.807) is 24.7 Å². The lowest BCUT2D eigenvalue weighted by atomic mass is 10.1. The highest BCUT2D eigenvalue weighted by molar-refractivity contribution is 7.18. The van der Waals surface area contributed by atoms with Crippen LogP contribution in [-0.4, -0.2) is 34.7 Å². The third kappa shape index (κ3) is 4.18. The van der Waals surface area contributed by atoms with Crippen LogP contribution in [0.2, 0.25) is 5.02 Å². The Morgan fingerprint density at radius 1 is 1.48 bits per heavy atom. The number of carbonyl (C=O) groups excluding carboxylic acids is 3. The summed E-state index contributed by atoms with van der Waals surface area (Å²) in [5, 5.41) is 7.39. The van der Waals surface area contributed by atoms with Crippen molar-refractivity contribution in [2.24, 2.45) is 11.7 Å². The molecule has 2 rings (SSSR count). The van der Waals surface area contributed by atoms with Gasteiger partial charge < -0.3 is 15.8 Å². The van der Waals surface area contributed by atoms with Gasteiger partial charge in [0, 0.05) is 6.20 Å². The number of aromatic nitrogens is 2. The number of hydrogen-bond acceptors (Lipinski definition) is 6. The van der Waals surface area contributed by atoms with E-state index < -0.39 is 17.8 Å². The fraction of sp³-hybridized carbons (Fsp3) is 0.333. The van der Waals surface area contributed by atoms with E-state index >= 15 is 0 Å². The Hall–Kier alpha value is -2.39. The number of ether oxygens (including phenoxy) is 1. The van der Waals surface area contributed by atoms with Gasteiger partial charge in [0.25, 0.3) is 5.91 Å². The second kappa shape index (κ2) is 7.66. The molecule has 25 heavy (non-hydrogen) atoms. The van der Waals surface area contributed by atoms with Gasteiger partial charge in [0.1, 0.15) is 5.00 Å². The van der Waals surface area contributed by atoms with E-state index in [-0.39, 0.29) is 21.3 Å². The molecule has 0 bridgehead atoms. The van der Waals surface area contributed by atoms with E-state index in [0.29, 0.717) is 17.1 Å². The molecule has 0 fully saturated rings. The molecule has 0 saturated heterocycles. The van der Waals surface area contributed by atoms with Crippen LogP contribution in [0.25, 0.3) is 0 Å². The van der Waals surface area contributed by atoms with Crippen molar-refractivity contribution in [3.8, 4) is 0 Å². The summed E-state index contributed by atoms with van der Waals surface area (Å²) >= 11 is 6.74. The number of primary amides is 1. The van der Waals surface area contributed by atoms with Crippen molar-refractivity contribution in [2.75, 3.05) is 12.4 Å². The second-order valence-electron chi connectivity index (χ2n) is 5.39. The standard InChI is InChI=1S/C15H17ClN4O4S/c1-7(5-20-6-9(16)4-18-20)13(22)19-14-10(15(23)24-3)8(2)11(25-14)12(17)21/h4,6-7H,5H2,1-3H3,(H2,17,21)(H,19,22). The van der Waals surface area contributed by atoms with Crippen molar-refractivity contribution < 1.29 is 19.1 Å². The van der Waals surface area contributed by atoms with Crippen LogP contribution in [0.4, 0.5) is 5.00 Å². The molecule has 2 heterocycles. The summed E-state index contributed by atoms with van der Waals surface area (Å²) in [7, 11) is 1.22. The minimum atomic E-state index is -0.674. The number of hydrogen-bond donors (Lipinski definition) is 2. The Morgan fingerprint density at radius 2 is 2.16 bits per heavy atom. The summed E-state index contributed by atoms with van der Waals surface area (Å²) < 4.78 is 6.27. The van der Waals surface area contributed by atoms with Gasteiger partial charge in [-0.3, -0.25) is 14.3 Å². The number of carbonyl (C=O) groups is 3. The molecule has 1 unspecified atom stereocenters. The number of anilines is 1. The van der Waals surface area contributed by atoms with Gasteiger partial charge in [0.15, 0.2) is 0 Å². The summed E-state index contributed by atoms with van der Waals surface area (Å²) in [6.07, 6.45) is 3.08. The molecule has 0 radical (unpaired) electrons. The lowest BCUT2D eigenvalue weighted by molar-refractivity contribution is -0.119. The number of rotatable bonds is 6. The number of methoxy groups -OCH3 is 1. The molecule has 3 N–H and O–H groups in total. The first-order valence-corrected chi connectivity index (χ1v) is 8.44. The van der Waals surface area contributed by atoms with Gasteiger partial charge in [-0.05, 0) is 12.5 Å². The van der Waals surface area contributed by atoms with Gasteiger partial charge in [-0.15, -0.1) is 11.3 Å². The van der Waals surface area contributed by atoms with Crippen LogP contribution in [0.1, 0.15) is 32.5 Å². The quantitative estimate of drug-likeness (QED) is 0.739. The van der Waals surface area contributed by atoms with Crippen LogP contribution >= 0.6 is 22.9 Å². The predicted octanol–water partition coefficient (Wildman–Crippen LogP) is 2.07. The number of nitrogens with zero attached hydrogens (tertiary/aromatic N) is 2. The summed E-state index contributed by atoms with van der Waals surface area (Å²) in [5.41, 5.74) is 5.83. The van der Waals surface area contributed by atoms with Crippen LogP contribution in [0.3, 0.4) is 0 Å². The Balaban J connectivity index is 2.23. The maximum absolute atomic E-state index is 12.4. The van der Waals surface area contributed by atoms with Gasteiger partial charge in [-0.25, -0.2) is 4.79 Å². The molecular weight excluding hydrogens is 368 g/mol. The molecule has 0 aliphatic rings. The maximum atomic E-state index is 12.4. The van der Waals surface area contributed by atoms with E-state index in [4.69, 9.17) is 22.1 Å². The largest absolute Gasteiger partial charge is 0.465 e.